The first kappa shape index (κ1) is 15.3. The average Bonchev–Trinajstić information content (AvgIpc) is 3.21. The van der Waals surface area contributed by atoms with Gasteiger partial charge in [-0.1, -0.05) is 0 Å². The van der Waals surface area contributed by atoms with Gasteiger partial charge in [-0.3, -0.25) is 14.5 Å². The van der Waals surface area contributed by atoms with Crippen LogP contribution in [0.4, 0.5) is 0 Å². The van der Waals surface area contributed by atoms with Gasteiger partial charge in [-0.15, -0.1) is 0 Å². The zero-order chi connectivity index (χ0) is 14.6. The monoisotopic (exact) mass is 334 g/mol. The Kier molecular flexibility index (Phi) is 7.08. The quantitative estimate of drug-likeness (QED) is 0.481. The molecule has 0 atom stereocenters. The second kappa shape index (κ2) is 9.23. The highest BCUT2D eigenvalue weighted by Gasteiger charge is 1.99. The second-order valence-corrected chi connectivity index (χ2v) is 3.46. The molecule has 3 rings (SSSR count). The number of H-pyrrole nitrogens is 1. The Morgan fingerprint density at radius 2 is 1.65 bits per heavy atom. The molecule has 0 unspecified atom stereocenters. The molecule has 3 heterocycles. The number of hydrogen-bond acceptors (Lipinski definition) is 5. The van der Waals surface area contributed by atoms with Crippen LogP contribution in [0.5, 0.6) is 0 Å². The molecule has 0 saturated heterocycles. The first-order valence-corrected chi connectivity index (χ1v) is 6.06. The summed E-state index contributed by atoms with van der Waals surface area (Å²) in [5, 5.41) is 14.9. The van der Waals surface area contributed by atoms with Crippen LogP contribution in [0.25, 0.3) is 0 Å². The van der Waals surface area contributed by atoms with Crippen molar-refractivity contribution in [3.05, 3.63) is 56.2 Å². The number of imidazole rings is 3. The molecule has 0 fully saturated rings. The number of aromatic nitrogens is 6. The maximum absolute atomic E-state index is 7.65. The van der Waals surface area contributed by atoms with Gasteiger partial charge in [-0.2, -0.15) is 5.26 Å². The van der Waals surface area contributed by atoms with E-state index in [-0.39, 0.29) is 0 Å². The molecule has 0 aliphatic heterocycles. The van der Waals surface area contributed by atoms with Gasteiger partial charge in [0, 0.05) is 53.1 Å². The van der Waals surface area contributed by atoms with E-state index in [1.807, 2.05) is 0 Å². The molecule has 0 aromatic carbocycles. The van der Waals surface area contributed by atoms with Crippen molar-refractivity contribution in [1.29, 1.82) is 10.7 Å². The number of nitrogens with zero attached hydrogens (tertiary/aromatic N) is 6. The molecule has 102 valence electrons. The van der Waals surface area contributed by atoms with Crippen molar-refractivity contribution in [3.8, 4) is 4.98 Å². The number of aromatic amines is 1. The smallest absolute Gasteiger partial charge is 0.212 e. The minimum atomic E-state index is 0.310. The van der Waals surface area contributed by atoms with E-state index in [2.05, 4.69) is 35.9 Å². The average molecular weight is 335 g/mol. The molecule has 0 aliphatic rings. The summed E-state index contributed by atoms with van der Waals surface area (Å²) in [4.78, 5) is 15.7. The van der Waals surface area contributed by atoms with Crippen LogP contribution in [0.3, 0.4) is 0 Å². The summed E-state index contributed by atoms with van der Waals surface area (Å²) in [5.41, 5.74) is 0. The van der Waals surface area contributed by atoms with Gasteiger partial charge in [0.2, 0.25) is 5.96 Å². The Hall–Kier alpha value is -2.73. The number of halogens is 1. The lowest BCUT2D eigenvalue weighted by Gasteiger charge is -2.02. The zero-order valence-corrected chi connectivity index (χ0v) is 11.8. The number of nitriles is 1. The molecule has 20 heavy (non-hydrogen) atoms. The Bertz CT molecular complexity index is 553. The Morgan fingerprint density at radius 3 is 1.90 bits per heavy atom. The Balaban J connectivity index is 0.000000208. The van der Waals surface area contributed by atoms with E-state index in [0.717, 1.165) is 0 Å². The first-order valence-electron chi connectivity index (χ1n) is 5.27. The standard InChI is InChI=1S/C7H7N5.C3H4N2.CBrN/c8-7(11-3-1-9-5-11)12-4-2-10-6-12;1-2-5-3-4-1;2-1-3/h1-6,8H;1-3H,(H,4,5);. The predicted octanol–water partition coefficient (Wildman–Crippen LogP) is 1.68. The summed E-state index contributed by atoms with van der Waals surface area (Å²) in [6.07, 6.45) is 14.9. The number of nitrogens with one attached hydrogen (secondary N) is 2. The molecule has 0 radical (unpaired) electrons. The van der Waals surface area contributed by atoms with E-state index in [1.165, 1.54) is 0 Å². The first-order chi connectivity index (χ1) is 9.79. The van der Waals surface area contributed by atoms with E-state index in [0.29, 0.717) is 5.96 Å². The predicted molar refractivity (Wildman–Crippen MR) is 76.1 cm³/mol. The maximum Gasteiger partial charge on any atom is 0.212 e. The highest BCUT2D eigenvalue weighted by atomic mass is 79.9. The topological polar surface area (TPSA) is 112 Å². The molecule has 0 amide bonds. The van der Waals surface area contributed by atoms with E-state index in [9.17, 15) is 0 Å². The van der Waals surface area contributed by atoms with Gasteiger partial charge < -0.3 is 4.98 Å². The van der Waals surface area contributed by atoms with E-state index < -0.39 is 0 Å². The molecule has 3 aromatic heterocycles. The van der Waals surface area contributed by atoms with Gasteiger partial charge in [-0.05, 0) is 0 Å². The van der Waals surface area contributed by atoms with Crippen molar-refractivity contribution in [1.82, 2.24) is 29.1 Å². The summed E-state index contributed by atoms with van der Waals surface area (Å²) in [6, 6.07) is 0. The molecular formula is C11H11BrN8. The fourth-order valence-corrected chi connectivity index (χ4v) is 1.12. The van der Waals surface area contributed by atoms with Gasteiger partial charge in [0.15, 0.2) is 0 Å². The second-order valence-electron chi connectivity index (χ2n) is 3.11. The molecule has 8 nitrogen and oxygen atoms in total. The third-order valence-electron chi connectivity index (χ3n) is 1.90. The molecule has 0 spiro atoms. The van der Waals surface area contributed by atoms with Crippen LogP contribution < -0.4 is 0 Å². The SMILES string of the molecule is N#CBr.N=C(n1ccnc1)n1ccnc1.c1c[nH]cn1. The Labute approximate surface area is 123 Å². The summed E-state index contributed by atoms with van der Waals surface area (Å²) in [5.74, 6) is 0.310. The van der Waals surface area contributed by atoms with Crippen molar-refractivity contribution in [2.45, 2.75) is 0 Å². The van der Waals surface area contributed by atoms with E-state index in [4.69, 9.17) is 10.7 Å². The minimum absolute atomic E-state index is 0.310. The normalized spacial score (nSPS) is 8.40. The molecular weight excluding hydrogens is 324 g/mol. The van der Waals surface area contributed by atoms with E-state index in [1.54, 1.807) is 70.3 Å². The highest BCUT2D eigenvalue weighted by molar-refractivity contribution is 9.12. The lowest BCUT2D eigenvalue weighted by Crippen LogP contribution is -2.16. The number of hydrogen-bond donors (Lipinski definition) is 2. The largest absolute Gasteiger partial charge is 0.351 e. The van der Waals surface area contributed by atoms with Crippen LogP contribution in [0.15, 0.2) is 56.2 Å². The van der Waals surface area contributed by atoms with Gasteiger partial charge in [0.05, 0.1) is 6.33 Å². The van der Waals surface area contributed by atoms with Gasteiger partial charge in [0.25, 0.3) is 0 Å². The lowest BCUT2D eigenvalue weighted by atomic mass is 10.8. The summed E-state index contributed by atoms with van der Waals surface area (Å²) in [6.45, 7) is 0. The van der Waals surface area contributed by atoms with Crippen molar-refractivity contribution < 1.29 is 0 Å². The van der Waals surface area contributed by atoms with Crippen LogP contribution in [0.2, 0.25) is 0 Å². The van der Waals surface area contributed by atoms with Gasteiger partial charge >= 0.3 is 0 Å². The third-order valence-corrected chi connectivity index (χ3v) is 1.90. The van der Waals surface area contributed by atoms with Crippen molar-refractivity contribution >= 4 is 21.9 Å². The van der Waals surface area contributed by atoms with Crippen molar-refractivity contribution in [3.63, 3.8) is 0 Å². The molecule has 0 aliphatic carbocycles. The molecule has 0 bridgehead atoms. The fourth-order valence-electron chi connectivity index (χ4n) is 1.12. The van der Waals surface area contributed by atoms with Crippen LogP contribution in [-0.4, -0.2) is 35.0 Å². The van der Waals surface area contributed by atoms with Crippen LogP contribution in [-0.2, 0) is 0 Å². The fraction of sp³-hybridized carbons (Fsp3) is 0. The van der Waals surface area contributed by atoms with Crippen LogP contribution >= 0.6 is 15.9 Å². The molecule has 2 N–H and O–H groups in total. The zero-order valence-electron chi connectivity index (χ0n) is 10.3. The van der Waals surface area contributed by atoms with Crippen LogP contribution in [0.1, 0.15) is 0 Å². The molecule has 3 aromatic rings. The van der Waals surface area contributed by atoms with Crippen LogP contribution in [0, 0.1) is 15.6 Å². The molecule has 0 saturated carbocycles. The summed E-state index contributed by atoms with van der Waals surface area (Å²) < 4.78 is 3.20. The number of rotatable bonds is 0. The van der Waals surface area contributed by atoms with Crippen molar-refractivity contribution in [2.24, 2.45) is 0 Å². The van der Waals surface area contributed by atoms with E-state index >= 15 is 0 Å². The lowest BCUT2D eigenvalue weighted by molar-refractivity contribution is 0.971. The highest BCUT2D eigenvalue weighted by Crippen LogP contribution is 1.90. The third kappa shape index (κ3) is 5.28. The van der Waals surface area contributed by atoms with Crippen molar-refractivity contribution in [2.75, 3.05) is 0 Å². The summed E-state index contributed by atoms with van der Waals surface area (Å²) in [7, 11) is 0. The summed E-state index contributed by atoms with van der Waals surface area (Å²) >= 11 is 2.45. The molecule has 9 heteroatoms. The Morgan fingerprint density at radius 1 is 1.10 bits per heavy atom. The maximum atomic E-state index is 7.65. The van der Waals surface area contributed by atoms with Gasteiger partial charge in [-0.25, -0.2) is 15.0 Å². The van der Waals surface area contributed by atoms with Gasteiger partial charge in [0.1, 0.15) is 17.6 Å². The minimum Gasteiger partial charge on any atom is -0.351 e.